The normalized spacial score (nSPS) is 20.9. The third kappa shape index (κ3) is 3.60. The van der Waals surface area contributed by atoms with Crippen LogP contribution in [0.5, 0.6) is 11.5 Å². The molecular formula is C15H23ClN2O3. The Balaban J connectivity index is 0.00000220. The number of carbonyl (C=O) groups is 1. The largest absolute Gasteiger partial charge is 0.497 e. The number of carbonyl (C=O) groups excluding carboxylic acids is 1. The predicted molar refractivity (Wildman–Crippen MR) is 84.5 cm³/mol. The van der Waals surface area contributed by atoms with Gasteiger partial charge in [-0.05, 0) is 44.0 Å². The highest BCUT2D eigenvalue weighted by Crippen LogP contribution is 2.29. The van der Waals surface area contributed by atoms with E-state index in [1.807, 2.05) is 4.90 Å². The average Bonchev–Trinajstić information content (AvgIpc) is 2.86. The third-order valence-corrected chi connectivity index (χ3v) is 3.89. The first-order chi connectivity index (χ1) is 9.60. The van der Waals surface area contributed by atoms with E-state index >= 15 is 0 Å². The van der Waals surface area contributed by atoms with Crippen molar-refractivity contribution in [2.24, 2.45) is 11.7 Å². The molecule has 2 N–H and O–H groups in total. The summed E-state index contributed by atoms with van der Waals surface area (Å²) in [5.41, 5.74) is 6.25. The lowest BCUT2D eigenvalue weighted by Crippen LogP contribution is -2.34. The molecule has 118 valence electrons. The monoisotopic (exact) mass is 314 g/mol. The van der Waals surface area contributed by atoms with Gasteiger partial charge in [-0.15, -0.1) is 12.4 Å². The SMILES string of the molecule is COc1ccc(OC)c(C(=O)N2CC(CN)CC2C)c1.Cl. The fourth-order valence-corrected chi connectivity index (χ4v) is 2.73. The molecule has 6 heteroatoms. The van der Waals surface area contributed by atoms with E-state index < -0.39 is 0 Å². The Morgan fingerprint density at radius 1 is 1.38 bits per heavy atom. The van der Waals surface area contributed by atoms with Crippen LogP contribution < -0.4 is 15.2 Å². The molecule has 1 aromatic carbocycles. The molecule has 0 aromatic heterocycles. The van der Waals surface area contributed by atoms with E-state index in [0.29, 0.717) is 36.1 Å². The smallest absolute Gasteiger partial charge is 0.258 e. The number of amides is 1. The van der Waals surface area contributed by atoms with Crippen LogP contribution in [-0.2, 0) is 0 Å². The van der Waals surface area contributed by atoms with Crippen LogP contribution in [0, 0.1) is 5.92 Å². The second-order valence-corrected chi connectivity index (χ2v) is 5.21. The van der Waals surface area contributed by atoms with Crippen molar-refractivity contribution in [3.63, 3.8) is 0 Å². The summed E-state index contributed by atoms with van der Waals surface area (Å²) in [4.78, 5) is 14.6. The maximum atomic E-state index is 12.7. The van der Waals surface area contributed by atoms with E-state index in [9.17, 15) is 4.79 Å². The number of methoxy groups -OCH3 is 2. The number of halogens is 1. The summed E-state index contributed by atoms with van der Waals surface area (Å²) < 4.78 is 10.5. The Morgan fingerprint density at radius 3 is 2.62 bits per heavy atom. The Morgan fingerprint density at radius 2 is 2.10 bits per heavy atom. The van der Waals surface area contributed by atoms with E-state index in [0.717, 1.165) is 6.42 Å². The third-order valence-electron chi connectivity index (χ3n) is 3.89. The van der Waals surface area contributed by atoms with Gasteiger partial charge in [0.2, 0.25) is 0 Å². The van der Waals surface area contributed by atoms with Crippen molar-refractivity contribution < 1.29 is 14.3 Å². The van der Waals surface area contributed by atoms with Crippen LogP contribution in [0.3, 0.4) is 0 Å². The predicted octanol–water partition coefficient (Wildman–Crippen LogP) is 1.93. The maximum absolute atomic E-state index is 12.7. The zero-order chi connectivity index (χ0) is 14.7. The number of hydrogen-bond donors (Lipinski definition) is 1. The summed E-state index contributed by atoms with van der Waals surface area (Å²) in [5, 5.41) is 0. The molecule has 2 unspecified atom stereocenters. The van der Waals surface area contributed by atoms with Crippen molar-refractivity contribution in [3.05, 3.63) is 23.8 Å². The molecule has 0 aliphatic carbocycles. The van der Waals surface area contributed by atoms with Gasteiger partial charge in [0, 0.05) is 12.6 Å². The quantitative estimate of drug-likeness (QED) is 0.922. The molecule has 1 amide bonds. The molecule has 1 saturated heterocycles. The average molecular weight is 315 g/mol. The van der Waals surface area contributed by atoms with E-state index in [2.05, 4.69) is 6.92 Å². The second kappa shape index (κ2) is 7.52. The molecule has 0 spiro atoms. The highest BCUT2D eigenvalue weighted by atomic mass is 35.5. The number of hydrogen-bond acceptors (Lipinski definition) is 4. The second-order valence-electron chi connectivity index (χ2n) is 5.21. The minimum Gasteiger partial charge on any atom is -0.497 e. The van der Waals surface area contributed by atoms with E-state index in [1.54, 1.807) is 32.4 Å². The van der Waals surface area contributed by atoms with Crippen LogP contribution in [0.25, 0.3) is 0 Å². The number of nitrogens with two attached hydrogens (primary N) is 1. The maximum Gasteiger partial charge on any atom is 0.258 e. The zero-order valence-electron chi connectivity index (χ0n) is 12.7. The summed E-state index contributed by atoms with van der Waals surface area (Å²) in [7, 11) is 3.15. The first-order valence-electron chi connectivity index (χ1n) is 6.83. The Labute approximate surface area is 131 Å². The highest BCUT2D eigenvalue weighted by molar-refractivity contribution is 5.97. The standard InChI is InChI=1S/C15H22N2O3.ClH/c1-10-6-11(8-16)9-17(10)15(18)13-7-12(19-2)4-5-14(13)20-3;/h4-5,7,10-11H,6,8-9,16H2,1-3H3;1H. The molecule has 1 aliphatic heterocycles. The molecule has 2 atom stereocenters. The summed E-state index contributed by atoms with van der Waals surface area (Å²) in [5.74, 6) is 1.57. The summed E-state index contributed by atoms with van der Waals surface area (Å²) in [6.07, 6.45) is 0.953. The van der Waals surface area contributed by atoms with Crippen molar-refractivity contribution in [2.45, 2.75) is 19.4 Å². The van der Waals surface area contributed by atoms with Gasteiger partial charge in [0.25, 0.3) is 5.91 Å². The van der Waals surface area contributed by atoms with E-state index in [-0.39, 0.29) is 24.4 Å². The number of benzene rings is 1. The van der Waals surface area contributed by atoms with Gasteiger partial charge in [-0.1, -0.05) is 0 Å². The van der Waals surface area contributed by atoms with Crippen molar-refractivity contribution >= 4 is 18.3 Å². The van der Waals surface area contributed by atoms with Crippen LogP contribution in [0.15, 0.2) is 18.2 Å². The Kier molecular flexibility index (Phi) is 6.30. The molecule has 2 rings (SSSR count). The van der Waals surface area contributed by atoms with Crippen LogP contribution >= 0.6 is 12.4 Å². The number of nitrogens with zero attached hydrogens (tertiary/aromatic N) is 1. The molecule has 0 radical (unpaired) electrons. The van der Waals surface area contributed by atoms with Crippen LogP contribution in [-0.4, -0.2) is 44.2 Å². The van der Waals surface area contributed by atoms with Gasteiger partial charge in [-0.25, -0.2) is 0 Å². The Bertz CT molecular complexity index is 496. The lowest BCUT2D eigenvalue weighted by Gasteiger charge is -2.23. The van der Waals surface area contributed by atoms with Crippen molar-refractivity contribution in [1.82, 2.24) is 4.90 Å². The first-order valence-corrected chi connectivity index (χ1v) is 6.83. The number of ether oxygens (including phenoxy) is 2. The molecular weight excluding hydrogens is 292 g/mol. The van der Waals surface area contributed by atoms with E-state index in [1.165, 1.54) is 0 Å². The van der Waals surface area contributed by atoms with Crippen LogP contribution in [0.1, 0.15) is 23.7 Å². The Hall–Kier alpha value is -1.46. The minimum absolute atomic E-state index is 0. The molecule has 0 saturated carbocycles. The molecule has 21 heavy (non-hydrogen) atoms. The molecule has 1 heterocycles. The topological polar surface area (TPSA) is 64.8 Å². The van der Waals surface area contributed by atoms with Gasteiger partial charge in [0.05, 0.1) is 19.8 Å². The van der Waals surface area contributed by atoms with Crippen LogP contribution in [0.2, 0.25) is 0 Å². The van der Waals surface area contributed by atoms with Crippen molar-refractivity contribution in [2.75, 3.05) is 27.3 Å². The van der Waals surface area contributed by atoms with Crippen LogP contribution in [0.4, 0.5) is 0 Å². The van der Waals surface area contributed by atoms with E-state index in [4.69, 9.17) is 15.2 Å². The molecule has 1 fully saturated rings. The van der Waals surface area contributed by atoms with Gasteiger partial charge >= 0.3 is 0 Å². The number of rotatable bonds is 4. The summed E-state index contributed by atoms with van der Waals surface area (Å²) in [6, 6.07) is 5.47. The zero-order valence-corrected chi connectivity index (χ0v) is 13.5. The lowest BCUT2D eigenvalue weighted by atomic mass is 10.1. The summed E-state index contributed by atoms with van der Waals surface area (Å²) >= 11 is 0. The van der Waals surface area contributed by atoms with Crippen molar-refractivity contribution in [1.29, 1.82) is 0 Å². The lowest BCUT2D eigenvalue weighted by molar-refractivity contribution is 0.0739. The van der Waals surface area contributed by atoms with Gasteiger partial charge < -0.3 is 20.1 Å². The molecule has 1 aliphatic rings. The molecule has 1 aromatic rings. The van der Waals surface area contributed by atoms with Gasteiger partial charge in [-0.2, -0.15) is 0 Å². The summed E-state index contributed by atoms with van der Waals surface area (Å²) in [6.45, 7) is 3.38. The van der Waals surface area contributed by atoms with Gasteiger partial charge in [-0.3, -0.25) is 4.79 Å². The van der Waals surface area contributed by atoms with Gasteiger partial charge in [0.1, 0.15) is 11.5 Å². The minimum atomic E-state index is -0.0239. The highest BCUT2D eigenvalue weighted by Gasteiger charge is 2.33. The molecule has 5 nitrogen and oxygen atoms in total. The van der Waals surface area contributed by atoms with Gasteiger partial charge in [0.15, 0.2) is 0 Å². The fraction of sp³-hybridized carbons (Fsp3) is 0.533. The van der Waals surface area contributed by atoms with Crippen molar-refractivity contribution in [3.8, 4) is 11.5 Å². The first kappa shape index (κ1) is 17.6. The molecule has 0 bridgehead atoms. The fourth-order valence-electron chi connectivity index (χ4n) is 2.73. The number of likely N-dealkylation sites (tertiary alicyclic amines) is 1.